The summed E-state index contributed by atoms with van der Waals surface area (Å²) in [7, 11) is 1.78. The van der Waals surface area contributed by atoms with E-state index in [1.54, 1.807) is 11.4 Å². The molecule has 0 aliphatic carbocycles. The smallest absolute Gasteiger partial charge is 0.307 e. The number of unbranched alkanes of at least 4 members (excludes halogenated alkanes) is 1. The van der Waals surface area contributed by atoms with Crippen molar-refractivity contribution in [1.29, 1.82) is 0 Å². The lowest BCUT2D eigenvalue weighted by atomic mass is 10.2. The first-order valence-electron chi connectivity index (χ1n) is 4.73. The summed E-state index contributed by atoms with van der Waals surface area (Å²) in [6.07, 6.45) is 2.98. The van der Waals surface area contributed by atoms with Crippen LogP contribution in [0.4, 0.5) is 0 Å². The molecule has 3 nitrogen and oxygen atoms in total. The highest BCUT2D eigenvalue weighted by molar-refractivity contribution is 7.77. The van der Waals surface area contributed by atoms with Crippen LogP contribution in [0, 0.1) is 0 Å². The Hall–Kier alpha value is -0.220. The molecular formula is C9H19NO2S. The third-order valence-corrected chi connectivity index (χ3v) is 2.03. The van der Waals surface area contributed by atoms with E-state index in [1.807, 2.05) is 6.92 Å². The molecule has 0 aliphatic rings. The van der Waals surface area contributed by atoms with Gasteiger partial charge >= 0.3 is 5.97 Å². The predicted octanol–water partition coefficient (Wildman–Crippen LogP) is 2.23. The average Bonchev–Trinajstić information content (AvgIpc) is 2.10. The van der Waals surface area contributed by atoms with E-state index in [1.165, 1.54) is 0 Å². The fourth-order valence-corrected chi connectivity index (χ4v) is 1.17. The molecule has 0 aromatic carbocycles. The lowest BCUT2D eigenvalue weighted by Gasteiger charge is -2.21. The molecule has 0 saturated heterocycles. The van der Waals surface area contributed by atoms with Crippen LogP contribution in [0.5, 0.6) is 0 Å². The van der Waals surface area contributed by atoms with E-state index in [-0.39, 0.29) is 12.2 Å². The lowest BCUT2D eigenvalue weighted by Crippen LogP contribution is -2.28. The maximum Gasteiger partial charge on any atom is 0.307 e. The quantitative estimate of drug-likeness (QED) is 0.409. The topological polar surface area (TPSA) is 29.5 Å². The number of hydrogen-bond acceptors (Lipinski definition) is 4. The summed E-state index contributed by atoms with van der Waals surface area (Å²) in [5.41, 5.74) is 0. The molecule has 1 atom stereocenters. The van der Waals surface area contributed by atoms with Gasteiger partial charge in [0.15, 0.2) is 6.23 Å². The number of esters is 1. The molecule has 0 spiro atoms. The normalized spacial score (nSPS) is 13.0. The summed E-state index contributed by atoms with van der Waals surface area (Å²) in [4.78, 5) is 11.2. The van der Waals surface area contributed by atoms with Gasteiger partial charge in [0.05, 0.1) is 0 Å². The van der Waals surface area contributed by atoms with E-state index in [0.29, 0.717) is 6.42 Å². The van der Waals surface area contributed by atoms with Gasteiger partial charge in [-0.1, -0.05) is 33.1 Å². The fourth-order valence-electron chi connectivity index (χ4n) is 0.956. The largest absolute Gasteiger partial charge is 0.445 e. The zero-order valence-corrected chi connectivity index (χ0v) is 9.51. The fraction of sp³-hybridized carbons (Fsp3) is 0.889. The highest BCUT2D eigenvalue weighted by Gasteiger charge is 2.14. The van der Waals surface area contributed by atoms with Crippen LogP contribution in [0.15, 0.2) is 0 Å². The molecule has 0 bridgehead atoms. The van der Waals surface area contributed by atoms with E-state index in [2.05, 4.69) is 19.7 Å². The monoisotopic (exact) mass is 205 g/mol. The van der Waals surface area contributed by atoms with E-state index in [9.17, 15) is 4.79 Å². The van der Waals surface area contributed by atoms with E-state index in [0.717, 1.165) is 19.3 Å². The molecule has 0 heterocycles. The minimum Gasteiger partial charge on any atom is -0.445 e. The van der Waals surface area contributed by atoms with Crippen molar-refractivity contribution in [3.05, 3.63) is 0 Å². The standard InChI is InChI=1S/C9H19NO2S/c1-4-6-7-9(11)12-8(5-2)10(3)13/h8,13H,4-7H2,1-3H3. The van der Waals surface area contributed by atoms with Gasteiger partial charge in [-0.3, -0.25) is 4.79 Å². The summed E-state index contributed by atoms with van der Waals surface area (Å²) in [6.45, 7) is 4.01. The van der Waals surface area contributed by atoms with Gasteiger partial charge in [-0.15, -0.1) is 0 Å². The molecule has 13 heavy (non-hydrogen) atoms. The number of nitrogens with zero attached hydrogens (tertiary/aromatic N) is 1. The Morgan fingerprint density at radius 1 is 1.54 bits per heavy atom. The Bertz CT molecular complexity index is 151. The highest BCUT2D eigenvalue weighted by atomic mass is 32.1. The Kier molecular flexibility index (Phi) is 7.09. The average molecular weight is 205 g/mol. The maximum atomic E-state index is 11.2. The van der Waals surface area contributed by atoms with Crippen molar-refractivity contribution in [3.63, 3.8) is 0 Å². The van der Waals surface area contributed by atoms with Crippen LogP contribution in [0.2, 0.25) is 0 Å². The SMILES string of the molecule is CCCCC(=O)OC(CC)N(C)S. The van der Waals surface area contributed by atoms with Crippen LogP contribution in [-0.2, 0) is 9.53 Å². The zero-order valence-electron chi connectivity index (χ0n) is 8.62. The molecule has 0 amide bonds. The molecule has 0 aliphatic heterocycles. The van der Waals surface area contributed by atoms with Gasteiger partial charge in [0.25, 0.3) is 0 Å². The number of carbonyl (C=O) groups is 1. The van der Waals surface area contributed by atoms with E-state index in [4.69, 9.17) is 4.74 Å². The Labute approximate surface area is 86.0 Å². The van der Waals surface area contributed by atoms with Crippen molar-refractivity contribution in [1.82, 2.24) is 4.31 Å². The molecule has 78 valence electrons. The van der Waals surface area contributed by atoms with Crippen LogP contribution < -0.4 is 0 Å². The first kappa shape index (κ1) is 12.8. The molecule has 0 radical (unpaired) electrons. The number of ether oxygens (including phenoxy) is 1. The minimum absolute atomic E-state index is 0.130. The molecule has 0 fully saturated rings. The van der Waals surface area contributed by atoms with Crippen molar-refractivity contribution in [3.8, 4) is 0 Å². The minimum atomic E-state index is -0.201. The van der Waals surface area contributed by atoms with Crippen LogP contribution >= 0.6 is 12.8 Å². The molecule has 0 aromatic rings. The van der Waals surface area contributed by atoms with Gasteiger partial charge in [0.2, 0.25) is 0 Å². The van der Waals surface area contributed by atoms with Crippen LogP contribution in [0.25, 0.3) is 0 Å². The lowest BCUT2D eigenvalue weighted by molar-refractivity contribution is -0.154. The Balaban J connectivity index is 3.73. The van der Waals surface area contributed by atoms with Crippen molar-refractivity contribution < 1.29 is 9.53 Å². The van der Waals surface area contributed by atoms with Crippen molar-refractivity contribution in [2.75, 3.05) is 7.05 Å². The molecule has 1 unspecified atom stereocenters. The Morgan fingerprint density at radius 2 is 2.15 bits per heavy atom. The summed E-state index contributed by atoms with van der Waals surface area (Å²) >= 11 is 4.09. The van der Waals surface area contributed by atoms with E-state index >= 15 is 0 Å². The van der Waals surface area contributed by atoms with Crippen LogP contribution in [-0.4, -0.2) is 23.6 Å². The number of hydrogen-bond donors (Lipinski definition) is 1. The first-order valence-corrected chi connectivity index (χ1v) is 5.13. The zero-order chi connectivity index (χ0) is 10.3. The van der Waals surface area contributed by atoms with Crippen molar-refractivity contribution >= 4 is 18.8 Å². The molecule has 0 rings (SSSR count). The van der Waals surface area contributed by atoms with Gasteiger partial charge in [0, 0.05) is 13.5 Å². The van der Waals surface area contributed by atoms with Crippen LogP contribution in [0.3, 0.4) is 0 Å². The van der Waals surface area contributed by atoms with Gasteiger partial charge in [-0.05, 0) is 12.8 Å². The second-order valence-corrected chi connectivity index (χ2v) is 3.66. The second-order valence-electron chi connectivity index (χ2n) is 3.03. The number of thiol groups is 1. The second kappa shape index (κ2) is 7.21. The summed E-state index contributed by atoms with van der Waals surface area (Å²) in [5.74, 6) is -0.130. The summed E-state index contributed by atoms with van der Waals surface area (Å²) in [6, 6.07) is 0. The molecule has 0 N–H and O–H groups in total. The molecule has 0 saturated carbocycles. The molecule has 0 aromatic heterocycles. The van der Waals surface area contributed by atoms with Gasteiger partial charge in [-0.2, -0.15) is 0 Å². The highest BCUT2D eigenvalue weighted by Crippen LogP contribution is 2.08. The number of rotatable bonds is 6. The first-order chi connectivity index (χ1) is 6.11. The van der Waals surface area contributed by atoms with Gasteiger partial charge < -0.3 is 4.74 Å². The van der Waals surface area contributed by atoms with Crippen LogP contribution in [0.1, 0.15) is 39.5 Å². The predicted molar refractivity (Wildman–Crippen MR) is 56.4 cm³/mol. The third-order valence-electron chi connectivity index (χ3n) is 1.77. The van der Waals surface area contributed by atoms with Crippen molar-refractivity contribution in [2.45, 2.75) is 45.8 Å². The molecular weight excluding hydrogens is 186 g/mol. The van der Waals surface area contributed by atoms with Gasteiger partial charge in [-0.25, -0.2) is 4.31 Å². The number of carbonyl (C=O) groups excluding carboxylic acids is 1. The summed E-state index contributed by atoms with van der Waals surface area (Å²) in [5, 5.41) is 0. The van der Waals surface area contributed by atoms with Crippen molar-refractivity contribution in [2.24, 2.45) is 0 Å². The molecule has 4 heteroatoms. The summed E-state index contributed by atoms with van der Waals surface area (Å²) < 4.78 is 6.79. The van der Waals surface area contributed by atoms with E-state index < -0.39 is 0 Å². The maximum absolute atomic E-state index is 11.2. The van der Waals surface area contributed by atoms with Gasteiger partial charge in [0.1, 0.15) is 0 Å². The Morgan fingerprint density at radius 3 is 2.54 bits per heavy atom. The third kappa shape index (κ3) is 5.93.